The number of carboxylic acid groups (broad SMARTS) is 1. The Balaban J connectivity index is 3.04. The summed E-state index contributed by atoms with van der Waals surface area (Å²) in [6, 6.07) is 3.43. The molecule has 1 N–H and O–H groups in total. The fraction of sp³-hybridized carbons (Fsp3) is 0.364. The highest BCUT2D eigenvalue weighted by atomic mass is 35.5. The molecule has 10 heteroatoms. The SMILES string of the molecule is O=C(O)CN(Cc1cc(Cl)ccc1[N+](=O)[O-])CC(F)(F)F. The van der Waals surface area contributed by atoms with Crippen molar-refractivity contribution in [3.63, 3.8) is 0 Å². The van der Waals surface area contributed by atoms with Crippen molar-refractivity contribution in [2.45, 2.75) is 12.7 Å². The van der Waals surface area contributed by atoms with Gasteiger partial charge in [-0.15, -0.1) is 0 Å². The molecule has 116 valence electrons. The minimum atomic E-state index is -4.62. The van der Waals surface area contributed by atoms with Gasteiger partial charge in [-0.25, -0.2) is 0 Å². The zero-order valence-corrected chi connectivity index (χ0v) is 11.2. The van der Waals surface area contributed by atoms with Crippen molar-refractivity contribution in [1.29, 1.82) is 0 Å². The zero-order chi connectivity index (χ0) is 16.2. The molecule has 0 aliphatic heterocycles. The van der Waals surface area contributed by atoms with Gasteiger partial charge in [0.25, 0.3) is 5.69 Å². The van der Waals surface area contributed by atoms with Crippen molar-refractivity contribution in [2.75, 3.05) is 13.1 Å². The summed E-state index contributed by atoms with van der Waals surface area (Å²) in [5.74, 6) is -1.47. The number of halogens is 4. The van der Waals surface area contributed by atoms with Crippen LogP contribution in [0.25, 0.3) is 0 Å². The van der Waals surface area contributed by atoms with E-state index in [-0.39, 0.29) is 10.6 Å². The van der Waals surface area contributed by atoms with E-state index < -0.39 is 42.4 Å². The van der Waals surface area contributed by atoms with Crippen LogP contribution in [-0.2, 0) is 11.3 Å². The van der Waals surface area contributed by atoms with Gasteiger partial charge >= 0.3 is 12.1 Å². The van der Waals surface area contributed by atoms with Crippen molar-refractivity contribution in [1.82, 2.24) is 4.90 Å². The summed E-state index contributed by atoms with van der Waals surface area (Å²) in [5, 5.41) is 19.6. The van der Waals surface area contributed by atoms with Crippen LogP contribution >= 0.6 is 11.6 Å². The Morgan fingerprint density at radius 3 is 2.52 bits per heavy atom. The van der Waals surface area contributed by atoms with Crippen LogP contribution in [0.1, 0.15) is 5.56 Å². The van der Waals surface area contributed by atoms with Crippen LogP contribution in [0.15, 0.2) is 18.2 Å². The summed E-state index contributed by atoms with van der Waals surface area (Å²) < 4.78 is 37.2. The number of alkyl halides is 3. The second kappa shape index (κ2) is 6.72. The van der Waals surface area contributed by atoms with Gasteiger partial charge in [-0.2, -0.15) is 13.2 Å². The molecular formula is C11H10ClF3N2O4. The first-order valence-electron chi connectivity index (χ1n) is 5.52. The topological polar surface area (TPSA) is 83.7 Å². The highest BCUT2D eigenvalue weighted by molar-refractivity contribution is 6.30. The summed E-state index contributed by atoms with van der Waals surface area (Å²) in [4.78, 5) is 21.2. The van der Waals surface area contributed by atoms with E-state index in [4.69, 9.17) is 16.7 Å². The number of hydrogen-bond acceptors (Lipinski definition) is 4. The van der Waals surface area contributed by atoms with E-state index in [9.17, 15) is 28.1 Å². The quantitative estimate of drug-likeness (QED) is 0.642. The van der Waals surface area contributed by atoms with E-state index in [1.165, 1.54) is 6.07 Å². The average Bonchev–Trinajstić information content (AvgIpc) is 2.24. The standard InChI is InChI=1S/C11H10ClF3N2O4/c12-8-1-2-9(17(20)21)7(3-8)4-16(5-10(18)19)6-11(13,14)15/h1-3H,4-6H2,(H,18,19). The van der Waals surface area contributed by atoms with Gasteiger partial charge in [-0.1, -0.05) is 11.6 Å². The first-order chi connectivity index (χ1) is 9.58. The highest BCUT2D eigenvalue weighted by Gasteiger charge is 2.32. The van der Waals surface area contributed by atoms with Crippen LogP contribution in [0, 0.1) is 10.1 Å². The lowest BCUT2D eigenvalue weighted by molar-refractivity contribution is -0.385. The molecule has 1 rings (SSSR count). The maximum Gasteiger partial charge on any atom is 0.401 e. The molecule has 0 fully saturated rings. The molecule has 0 unspecified atom stereocenters. The van der Waals surface area contributed by atoms with E-state index >= 15 is 0 Å². The Kier molecular flexibility index (Phi) is 5.50. The maximum absolute atomic E-state index is 12.4. The van der Waals surface area contributed by atoms with Crippen LogP contribution in [0.2, 0.25) is 5.02 Å². The van der Waals surface area contributed by atoms with Gasteiger partial charge in [0.05, 0.1) is 18.0 Å². The van der Waals surface area contributed by atoms with Crippen molar-refractivity contribution in [2.24, 2.45) is 0 Å². The largest absolute Gasteiger partial charge is 0.480 e. The Bertz CT molecular complexity index is 551. The minimum absolute atomic E-state index is 0.0852. The van der Waals surface area contributed by atoms with Gasteiger partial charge in [0.1, 0.15) is 0 Å². The number of carboxylic acids is 1. The third-order valence-corrected chi connectivity index (χ3v) is 2.63. The average molecular weight is 327 g/mol. The molecular weight excluding hydrogens is 317 g/mol. The Labute approximate surface area is 121 Å². The van der Waals surface area contributed by atoms with Gasteiger partial charge in [0.15, 0.2) is 0 Å². The molecule has 1 aromatic carbocycles. The number of benzene rings is 1. The van der Waals surface area contributed by atoms with E-state index in [2.05, 4.69) is 0 Å². The van der Waals surface area contributed by atoms with E-state index in [1.807, 2.05) is 0 Å². The zero-order valence-electron chi connectivity index (χ0n) is 10.4. The van der Waals surface area contributed by atoms with Gasteiger partial charge in [0.2, 0.25) is 0 Å². The Morgan fingerprint density at radius 2 is 2.05 bits per heavy atom. The number of nitro benzene ring substituents is 1. The van der Waals surface area contributed by atoms with E-state index in [0.717, 1.165) is 12.1 Å². The van der Waals surface area contributed by atoms with Crippen LogP contribution in [0.4, 0.5) is 18.9 Å². The van der Waals surface area contributed by atoms with Crippen molar-refractivity contribution < 1.29 is 28.0 Å². The highest BCUT2D eigenvalue weighted by Crippen LogP contribution is 2.25. The molecule has 0 bridgehead atoms. The Hall–Kier alpha value is -1.87. The maximum atomic E-state index is 12.4. The molecule has 0 saturated heterocycles. The lowest BCUT2D eigenvalue weighted by Gasteiger charge is -2.21. The van der Waals surface area contributed by atoms with E-state index in [0.29, 0.717) is 4.90 Å². The molecule has 0 amide bonds. The summed E-state index contributed by atoms with van der Waals surface area (Å²) in [7, 11) is 0. The molecule has 0 aliphatic carbocycles. The summed E-state index contributed by atoms with van der Waals surface area (Å²) in [6.07, 6.45) is -4.62. The van der Waals surface area contributed by atoms with Gasteiger partial charge < -0.3 is 5.11 Å². The van der Waals surface area contributed by atoms with Gasteiger partial charge in [-0.05, 0) is 12.1 Å². The van der Waals surface area contributed by atoms with Crippen LogP contribution in [0.5, 0.6) is 0 Å². The number of nitro groups is 1. The first kappa shape index (κ1) is 17.2. The summed E-state index contributed by atoms with van der Waals surface area (Å²) in [6.45, 7) is -2.95. The fourth-order valence-electron chi connectivity index (χ4n) is 1.71. The van der Waals surface area contributed by atoms with E-state index in [1.54, 1.807) is 0 Å². The predicted octanol–water partition coefficient (Wildman–Crippen LogP) is 2.70. The van der Waals surface area contributed by atoms with Gasteiger partial charge in [-0.3, -0.25) is 19.8 Å². The van der Waals surface area contributed by atoms with Crippen molar-refractivity contribution in [3.05, 3.63) is 38.9 Å². The lowest BCUT2D eigenvalue weighted by atomic mass is 10.1. The molecule has 0 aliphatic rings. The fourth-order valence-corrected chi connectivity index (χ4v) is 1.91. The molecule has 0 saturated carbocycles. The first-order valence-corrected chi connectivity index (χ1v) is 5.90. The minimum Gasteiger partial charge on any atom is -0.480 e. The molecule has 0 heterocycles. The molecule has 0 radical (unpaired) electrons. The van der Waals surface area contributed by atoms with Crippen LogP contribution < -0.4 is 0 Å². The molecule has 21 heavy (non-hydrogen) atoms. The normalized spacial score (nSPS) is 11.7. The Morgan fingerprint density at radius 1 is 1.43 bits per heavy atom. The number of nitrogens with zero attached hydrogens (tertiary/aromatic N) is 2. The van der Waals surface area contributed by atoms with Crippen LogP contribution in [0.3, 0.4) is 0 Å². The second-order valence-electron chi connectivity index (χ2n) is 4.18. The molecule has 6 nitrogen and oxygen atoms in total. The molecule has 1 aromatic rings. The van der Waals surface area contributed by atoms with Gasteiger partial charge in [0, 0.05) is 23.2 Å². The van der Waals surface area contributed by atoms with Crippen LogP contribution in [-0.4, -0.2) is 40.2 Å². The third kappa shape index (κ3) is 5.96. The van der Waals surface area contributed by atoms with Crippen molar-refractivity contribution in [3.8, 4) is 0 Å². The molecule has 0 aromatic heterocycles. The molecule has 0 spiro atoms. The predicted molar refractivity (Wildman–Crippen MR) is 67.1 cm³/mol. The lowest BCUT2D eigenvalue weighted by Crippen LogP contribution is -2.37. The number of aliphatic carboxylic acids is 1. The molecule has 0 atom stereocenters. The van der Waals surface area contributed by atoms with Crippen molar-refractivity contribution >= 4 is 23.3 Å². The summed E-state index contributed by atoms with van der Waals surface area (Å²) in [5.41, 5.74) is -0.505. The second-order valence-corrected chi connectivity index (χ2v) is 4.62. The monoisotopic (exact) mass is 326 g/mol. The number of rotatable bonds is 6. The third-order valence-electron chi connectivity index (χ3n) is 2.39. The number of hydrogen-bond donors (Lipinski definition) is 1. The summed E-state index contributed by atoms with van der Waals surface area (Å²) >= 11 is 5.66. The number of carbonyl (C=O) groups is 1. The smallest absolute Gasteiger partial charge is 0.401 e.